The van der Waals surface area contributed by atoms with Gasteiger partial charge in [0, 0.05) is 37.4 Å². The Morgan fingerprint density at radius 2 is 2.05 bits per heavy atom. The van der Waals surface area contributed by atoms with E-state index in [4.69, 9.17) is 15.3 Å². The normalized spacial score (nSPS) is 25.4. The quantitative estimate of drug-likeness (QED) is 0.169. The highest BCUT2D eigenvalue weighted by molar-refractivity contribution is 5.94. The van der Waals surface area contributed by atoms with Gasteiger partial charge in [0.2, 0.25) is 5.91 Å². The third kappa shape index (κ3) is 4.27. The minimum atomic E-state index is -0.250. The number of aliphatic imine (C=N–C) groups is 1. The lowest BCUT2D eigenvalue weighted by molar-refractivity contribution is -0.141. The fourth-order valence-corrected chi connectivity index (χ4v) is 6.01. The number of morpholine rings is 1. The van der Waals surface area contributed by atoms with Gasteiger partial charge in [-0.15, -0.1) is 5.11 Å². The number of nitrogens with two attached hydrogens (primary N) is 1. The first kappa shape index (κ1) is 23.7. The van der Waals surface area contributed by atoms with Crippen LogP contribution in [0.1, 0.15) is 56.7 Å². The van der Waals surface area contributed by atoms with E-state index in [1.165, 1.54) is 6.34 Å². The second kappa shape index (κ2) is 9.64. The predicted octanol–water partition coefficient (Wildman–Crippen LogP) is 2.36. The number of nitrogens with zero attached hydrogens (tertiary/aromatic N) is 6. The molecule has 0 bridgehead atoms. The Kier molecular flexibility index (Phi) is 6.17. The van der Waals surface area contributed by atoms with Gasteiger partial charge >= 0.3 is 5.97 Å². The second-order valence-electron chi connectivity index (χ2n) is 9.91. The summed E-state index contributed by atoms with van der Waals surface area (Å²) in [5.41, 5.74) is 5.71. The van der Waals surface area contributed by atoms with Crippen LogP contribution in [0.15, 0.2) is 39.6 Å². The van der Waals surface area contributed by atoms with Gasteiger partial charge in [0.1, 0.15) is 12.9 Å². The van der Waals surface area contributed by atoms with Crippen LogP contribution in [-0.2, 0) is 27.3 Å². The molecule has 1 aromatic carbocycles. The molecule has 0 saturated carbocycles. The highest BCUT2D eigenvalue weighted by Gasteiger charge is 2.40. The Morgan fingerprint density at radius 3 is 2.92 bits per heavy atom. The summed E-state index contributed by atoms with van der Waals surface area (Å²) < 4.78 is 11.5. The number of cyclic esters (lactones) is 1. The van der Waals surface area contributed by atoms with E-state index < -0.39 is 0 Å². The maximum Gasteiger partial charge on any atom is 0.338 e. The molecule has 11 heteroatoms. The maximum absolute atomic E-state index is 13.5. The van der Waals surface area contributed by atoms with Crippen molar-refractivity contribution in [2.75, 3.05) is 32.8 Å². The summed E-state index contributed by atoms with van der Waals surface area (Å²) >= 11 is 0. The van der Waals surface area contributed by atoms with E-state index in [-0.39, 0.29) is 29.9 Å². The molecule has 1 aromatic heterocycles. The molecule has 1 amide bonds. The van der Waals surface area contributed by atoms with Gasteiger partial charge in [0.25, 0.3) is 0 Å². The van der Waals surface area contributed by atoms with Crippen molar-refractivity contribution in [3.63, 3.8) is 0 Å². The van der Waals surface area contributed by atoms with Crippen molar-refractivity contribution in [2.24, 2.45) is 21.2 Å². The first-order chi connectivity index (χ1) is 18.0. The minimum Gasteiger partial charge on any atom is -0.457 e. The van der Waals surface area contributed by atoms with Gasteiger partial charge < -0.3 is 20.2 Å². The number of fused-ring (bicyclic) bond motifs is 3. The minimum absolute atomic E-state index is 0.0598. The van der Waals surface area contributed by atoms with E-state index in [1.807, 2.05) is 30.0 Å². The van der Waals surface area contributed by atoms with Gasteiger partial charge in [-0.05, 0) is 48.6 Å². The molecule has 37 heavy (non-hydrogen) atoms. The third-order valence-corrected chi connectivity index (χ3v) is 8.01. The summed E-state index contributed by atoms with van der Waals surface area (Å²) in [6.07, 6.45) is 2.70. The zero-order valence-corrected chi connectivity index (χ0v) is 20.7. The molecule has 2 saturated heterocycles. The van der Waals surface area contributed by atoms with Gasteiger partial charge in [-0.25, -0.2) is 14.8 Å². The summed E-state index contributed by atoms with van der Waals surface area (Å²) in [6.45, 7) is 5.86. The van der Waals surface area contributed by atoms with Crippen molar-refractivity contribution >= 4 is 24.0 Å². The number of benzene rings is 1. The first-order valence-electron chi connectivity index (χ1n) is 12.6. The number of aromatic nitrogens is 1. The smallest absolute Gasteiger partial charge is 0.338 e. The molecule has 2 N–H and O–H groups in total. The van der Waals surface area contributed by atoms with Crippen molar-refractivity contribution in [3.8, 4) is 0 Å². The number of rotatable bonds is 4. The van der Waals surface area contributed by atoms with Crippen molar-refractivity contribution < 1.29 is 19.1 Å². The standard InChI is InChI=1S/C26H29N7O4/c1-15-17(2-3-20-21(15)13-37-26(20)35)23-11-32-8-9-33(10-16(32)12-36-23)25(34)19-4-6-22-18(19)5-7-24(30-22)28-14-29-31-27/h2-3,5,7,14,16,19,23H,4,6,8-13H2,1H3,(H2,27,28,29,30)/t16-,19?,23+/m1/s1. The SMILES string of the molecule is Cc1c([C@@H]2CN3CCN(C(=O)C4CCc5nc(N=CN=NN)ccc54)C[C@@H]3CO2)ccc2c1COC2=O. The van der Waals surface area contributed by atoms with Crippen LogP contribution in [0.5, 0.6) is 0 Å². The highest BCUT2D eigenvalue weighted by atomic mass is 16.5. The lowest BCUT2D eigenvalue weighted by atomic mass is 9.93. The van der Waals surface area contributed by atoms with Crippen LogP contribution in [-0.4, -0.2) is 71.8 Å². The van der Waals surface area contributed by atoms with Crippen molar-refractivity contribution in [3.05, 3.63) is 57.8 Å². The van der Waals surface area contributed by atoms with Gasteiger partial charge in [-0.3, -0.25) is 9.69 Å². The Labute approximate surface area is 214 Å². The fraction of sp³-hybridized carbons (Fsp3) is 0.462. The molecular weight excluding hydrogens is 474 g/mol. The van der Waals surface area contributed by atoms with Crippen molar-refractivity contribution in [2.45, 2.75) is 44.4 Å². The fourth-order valence-electron chi connectivity index (χ4n) is 6.01. The highest BCUT2D eigenvalue weighted by Crippen LogP contribution is 2.37. The molecule has 4 aliphatic rings. The largest absolute Gasteiger partial charge is 0.457 e. The van der Waals surface area contributed by atoms with Gasteiger partial charge in [-0.2, -0.15) is 0 Å². The molecule has 1 unspecified atom stereocenters. The Balaban J connectivity index is 1.10. The second-order valence-corrected chi connectivity index (χ2v) is 9.91. The summed E-state index contributed by atoms with van der Waals surface area (Å²) in [7, 11) is 0. The molecule has 3 aliphatic heterocycles. The number of carbonyl (C=O) groups excluding carboxylic acids is 2. The Morgan fingerprint density at radius 1 is 1.19 bits per heavy atom. The zero-order chi connectivity index (χ0) is 25.5. The van der Waals surface area contributed by atoms with E-state index in [1.54, 1.807) is 6.07 Å². The molecule has 2 aromatic rings. The monoisotopic (exact) mass is 503 g/mol. The number of hydrogen-bond acceptors (Lipinski definition) is 8. The molecule has 1 aliphatic carbocycles. The molecular formula is C26H29N7O4. The van der Waals surface area contributed by atoms with Gasteiger partial charge in [0.15, 0.2) is 5.82 Å². The zero-order valence-electron chi connectivity index (χ0n) is 20.7. The van der Waals surface area contributed by atoms with Gasteiger partial charge in [-0.1, -0.05) is 17.4 Å². The molecule has 6 rings (SSSR count). The number of pyridine rings is 1. The van der Waals surface area contributed by atoms with E-state index in [0.29, 0.717) is 37.7 Å². The number of carbonyl (C=O) groups is 2. The van der Waals surface area contributed by atoms with Crippen molar-refractivity contribution in [1.29, 1.82) is 0 Å². The number of aryl methyl sites for hydroxylation is 1. The molecule has 4 heterocycles. The molecule has 0 radical (unpaired) electrons. The number of piperazine rings is 1. The predicted molar refractivity (Wildman–Crippen MR) is 133 cm³/mol. The van der Waals surface area contributed by atoms with Crippen LogP contribution in [0.2, 0.25) is 0 Å². The van der Waals surface area contributed by atoms with Crippen LogP contribution in [0.4, 0.5) is 5.82 Å². The van der Waals surface area contributed by atoms with Crippen LogP contribution >= 0.6 is 0 Å². The number of amides is 1. The number of hydrogen-bond donors (Lipinski definition) is 1. The molecule has 0 spiro atoms. The summed E-state index contributed by atoms with van der Waals surface area (Å²) in [5.74, 6) is 5.25. The number of ether oxygens (including phenoxy) is 2. The van der Waals surface area contributed by atoms with Crippen LogP contribution in [0.3, 0.4) is 0 Å². The molecule has 192 valence electrons. The van der Waals surface area contributed by atoms with E-state index in [9.17, 15) is 9.59 Å². The van der Waals surface area contributed by atoms with E-state index in [2.05, 4.69) is 25.2 Å². The molecule has 11 nitrogen and oxygen atoms in total. The van der Waals surface area contributed by atoms with Crippen LogP contribution in [0.25, 0.3) is 0 Å². The van der Waals surface area contributed by atoms with Gasteiger partial charge in [0.05, 0.1) is 30.2 Å². The lowest BCUT2D eigenvalue weighted by Gasteiger charge is -2.46. The van der Waals surface area contributed by atoms with Crippen LogP contribution in [0, 0.1) is 6.92 Å². The van der Waals surface area contributed by atoms with E-state index >= 15 is 0 Å². The Hall–Kier alpha value is -3.70. The Bertz CT molecular complexity index is 1310. The maximum atomic E-state index is 13.5. The summed E-state index contributed by atoms with van der Waals surface area (Å²) in [5, 5.41) is 6.67. The van der Waals surface area contributed by atoms with Crippen molar-refractivity contribution in [1.82, 2.24) is 14.8 Å². The first-order valence-corrected chi connectivity index (χ1v) is 12.6. The third-order valence-electron chi connectivity index (χ3n) is 8.01. The topological polar surface area (TPSA) is 135 Å². The average Bonchev–Trinajstić information content (AvgIpc) is 3.52. The lowest BCUT2D eigenvalue weighted by Crippen LogP contribution is -2.60. The summed E-state index contributed by atoms with van der Waals surface area (Å²) in [4.78, 5) is 38.5. The molecule has 2 fully saturated rings. The summed E-state index contributed by atoms with van der Waals surface area (Å²) in [6, 6.07) is 7.76. The molecule has 3 atom stereocenters. The van der Waals surface area contributed by atoms with E-state index in [0.717, 1.165) is 53.9 Å². The average molecular weight is 504 g/mol. The van der Waals surface area contributed by atoms with Crippen LogP contribution < -0.4 is 5.84 Å². The number of esters is 1.